The van der Waals surface area contributed by atoms with Gasteiger partial charge in [-0.05, 0) is 24.3 Å². The van der Waals surface area contributed by atoms with Gasteiger partial charge in [0.15, 0.2) is 17.5 Å². The number of nitrogens with one attached hydrogen (secondary N) is 2. The molecule has 0 saturated carbocycles. The minimum Gasteiger partial charge on any atom is -0.378 e. The zero-order chi connectivity index (χ0) is 21.5. The van der Waals surface area contributed by atoms with Crippen molar-refractivity contribution in [3.8, 4) is 11.5 Å². The fraction of sp³-hybridized carbons (Fsp3) is 0.238. The number of para-hydroxylation sites is 1. The average Bonchev–Trinajstić information content (AvgIpc) is 3.31. The molecule has 4 heterocycles. The number of anilines is 2. The van der Waals surface area contributed by atoms with Gasteiger partial charge in [-0.15, -0.1) is 0 Å². The summed E-state index contributed by atoms with van der Waals surface area (Å²) in [6.45, 7) is 1.58. The number of hydrogen-bond donors (Lipinski definition) is 2. The number of aromatic nitrogens is 5. The number of pyridine rings is 1. The first-order valence-electron chi connectivity index (χ1n) is 9.75. The molecule has 4 aromatic rings. The number of carbonyl (C=O) groups is 1. The lowest BCUT2D eigenvalue weighted by atomic mass is 10.1. The molecular formula is C21H20FN7O2. The predicted molar refractivity (Wildman–Crippen MR) is 113 cm³/mol. The highest BCUT2D eigenvalue weighted by Gasteiger charge is 2.27. The van der Waals surface area contributed by atoms with Gasteiger partial charge in [0.25, 0.3) is 5.91 Å². The number of amides is 1. The molecule has 1 aliphatic heterocycles. The van der Waals surface area contributed by atoms with Gasteiger partial charge in [0.1, 0.15) is 17.0 Å². The number of halogens is 1. The minimum atomic E-state index is -0.400. The van der Waals surface area contributed by atoms with Crippen molar-refractivity contribution in [1.29, 1.82) is 0 Å². The maximum Gasteiger partial charge on any atom is 0.258 e. The predicted octanol–water partition coefficient (Wildman–Crippen LogP) is 2.58. The first-order valence-corrected chi connectivity index (χ1v) is 9.75. The zero-order valence-corrected chi connectivity index (χ0v) is 17.0. The fourth-order valence-corrected chi connectivity index (χ4v) is 3.54. The van der Waals surface area contributed by atoms with Crippen LogP contribution in [-0.2, 0) is 11.8 Å². The van der Waals surface area contributed by atoms with Crippen molar-refractivity contribution in [2.75, 3.05) is 30.4 Å². The number of hydrogen-bond acceptors (Lipinski definition) is 6. The maximum atomic E-state index is 13.9. The Balaban J connectivity index is 1.31. The van der Waals surface area contributed by atoms with Crippen LogP contribution in [0.1, 0.15) is 10.4 Å². The van der Waals surface area contributed by atoms with Crippen LogP contribution in [0.2, 0.25) is 0 Å². The summed E-state index contributed by atoms with van der Waals surface area (Å²) in [5.41, 5.74) is 1.89. The second-order valence-electron chi connectivity index (χ2n) is 7.38. The van der Waals surface area contributed by atoms with E-state index in [1.165, 1.54) is 12.3 Å². The summed E-state index contributed by atoms with van der Waals surface area (Å²) in [6, 6.07) is 9.95. The van der Waals surface area contributed by atoms with Crippen molar-refractivity contribution < 1.29 is 13.9 Å². The molecule has 1 saturated heterocycles. The lowest BCUT2D eigenvalue weighted by molar-refractivity contribution is 0.0783. The van der Waals surface area contributed by atoms with Crippen molar-refractivity contribution in [3.63, 3.8) is 0 Å². The average molecular weight is 421 g/mol. The quantitative estimate of drug-likeness (QED) is 0.514. The third kappa shape index (κ3) is 3.50. The van der Waals surface area contributed by atoms with E-state index in [4.69, 9.17) is 4.74 Å². The van der Waals surface area contributed by atoms with E-state index in [0.717, 1.165) is 18.9 Å². The van der Waals surface area contributed by atoms with Gasteiger partial charge < -0.3 is 19.9 Å². The molecule has 1 aliphatic rings. The molecule has 0 bridgehead atoms. The number of aryl methyl sites for hydroxylation is 1. The van der Waals surface area contributed by atoms with Gasteiger partial charge in [-0.25, -0.2) is 14.4 Å². The second-order valence-corrected chi connectivity index (χ2v) is 7.38. The molecular weight excluding hydrogens is 401 g/mol. The molecule has 0 radical (unpaired) electrons. The van der Waals surface area contributed by atoms with Crippen LogP contribution < -0.4 is 10.2 Å². The van der Waals surface area contributed by atoms with Gasteiger partial charge >= 0.3 is 0 Å². The lowest BCUT2D eigenvalue weighted by Crippen LogP contribution is -2.52. The smallest absolute Gasteiger partial charge is 0.258 e. The molecule has 158 valence electrons. The molecule has 0 spiro atoms. The van der Waals surface area contributed by atoms with Crippen LogP contribution in [0.25, 0.3) is 22.6 Å². The van der Waals surface area contributed by atoms with Gasteiger partial charge in [0, 0.05) is 39.5 Å². The molecule has 3 aromatic heterocycles. The maximum absolute atomic E-state index is 13.9. The van der Waals surface area contributed by atoms with E-state index < -0.39 is 5.82 Å². The molecule has 2 N–H and O–H groups in total. The van der Waals surface area contributed by atoms with Crippen molar-refractivity contribution in [1.82, 2.24) is 24.7 Å². The summed E-state index contributed by atoms with van der Waals surface area (Å²) >= 11 is 0. The van der Waals surface area contributed by atoms with Crippen LogP contribution in [0.5, 0.6) is 0 Å². The van der Waals surface area contributed by atoms with E-state index in [9.17, 15) is 9.18 Å². The SMILES string of the molecule is COC1CN(c2ccc(C(=O)Nc3cc(-c4nc5c(F)cccc5[nH]4)n(C)n3)cn2)C1. The molecule has 1 fully saturated rings. The highest BCUT2D eigenvalue weighted by molar-refractivity contribution is 6.03. The fourth-order valence-electron chi connectivity index (χ4n) is 3.54. The van der Waals surface area contributed by atoms with E-state index in [0.29, 0.717) is 28.4 Å². The summed E-state index contributed by atoms with van der Waals surface area (Å²) in [6.07, 6.45) is 1.77. The monoisotopic (exact) mass is 421 g/mol. The number of carbonyl (C=O) groups excluding carboxylic acids is 1. The number of nitrogens with zero attached hydrogens (tertiary/aromatic N) is 5. The van der Waals surface area contributed by atoms with E-state index in [2.05, 4.69) is 30.3 Å². The topological polar surface area (TPSA) is 101 Å². The third-order valence-electron chi connectivity index (χ3n) is 5.34. The van der Waals surface area contributed by atoms with Crippen LogP contribution in [-0.4, -0.2) is 56.9 Å². The van der Waals surface area contributed by atoms with Crippen LogP contribution in [0.4, 0.5) is 16.0 Å². The number of imidazole rings is 1. The highest BCUT2D eigenvalue weighted by atomic mass is 19.1. The number of aromatic amines is 1. The van der Waals surface area contributed by atoms with Crippen molar-refractivity contribution in [3.05, 3.63) is 54.0 Å². The number of fused-ring (bicyclic) bond motifs is 1. The summed E-state index contributed by atoms with van der Waals surface area (Å²) in [4.78, 5) is 26.5. The van der Waals surface area contributed by atoms with E-state index in [1.807, 2.05) is 6.07 Å². The van der Waals surface area contributed by atoms with Crippen molar-refractivity contribution in [2.24, 2.45) is 7.05 Å². The Kier molecular flexibility index (Phi) is 4.63. The molecule has 9 nitrogen and oxygen atoms in total. The standard InChI is InChI=1S/C21H20FN7O2/c1-28-16(20-24-15-5-3-4-14(22)19(15)26-20)8-17(27-28)25-21(30)12-6-7-18(23-9-12)29-10-13(11-29)31-2/h3-9,13H,10-11H2,1-2H3,(H,24,26)(H,25,27,30). The summed E-state index contributed by atoms with van der Waals surface area (Å²) in [7, 11) is 3.42. The minimum absolute atomic E-state index is 0.228. The lowest BCUT2D eigenvalue weighted by Gasteiger charge is -2.38. The molecule has 1 aromatic carbocycles. The second kappa shape index (κ2) is 7.47. The number of benzene rings is 1. The highest BCUT2D eigenvalue weighted by Crippen LogP contribution is 2.24. The van der Waals surface area contributed by atoms with Crippen LogP contribution >= 0.6 is 0 Å². The van der Waals surface area contributed by atoms with Gasteiger partial charge in [0.05, 0.1) is 17.2 Å². The van der Waals surface area contributed by atoms with Gasteiger partial charge in [-0.1, -0.05) is 6.07 Å². The van der Waals surface area contributed by atoms with E-state index >= 15 is 0 Å². The molecule has 10 heteroatoms. The molecule has 31 heavy (non-hydrogen) atoms. The number of rotatable bonds is 5. The van der Waals surface area contributed by atoms with Crippen LogP contribution in [0, 0.1) is 5.82 Å². The Morgan fingerprint density at radius 2 is 2.13 bits per heavy atom. The van der Waals surface area contributed by atoms with Gasteiger partial charge in [0.2, 0.25) is 0 Å². The molecule has 1 amide bonds. The Bertz CT molecular complexity index is 1260. The van der Waals surface area contributed by atoms with Crippen LogP contribution in [0.15, 0.2) is 42.6 Å². The van der Waals surface area contributed by atoms with Crippen molar-refractivity contribution >= 4 is 28.6 Å². The number of methoxy groups -OCH3 is 1. The Morgan fingerprint density at radius 3 is 2.84 bits per heavy atom. The largest absolute Gasteiger partial charge is 0.378 e. The Morgan fingerprint density at radius 1 is 1.29 bits per heavy atom. The number of H-pyrrole nitrogens is 1. The van der Waals surface area contributed by atoms with Crippen LogP contribution in [0.3, 0.4) is 0 Å². The molecule has 0 unspecified atom stereocenters. The Labute approximate surface area is 176 Å². The van der Waals surface area contributed by atoms with Gasteiger partial charge in [-0.2, -0.15) is 5.10 Å². The normalized spacial score (nSPS) is 14.1. The van der Waals surface area contributed by atoms with Gasteiger partial charge in [-0.3, -0.25) is 9.48 Å². The Hall–Kier alpha value is -3.79. The molecule has 0 atom stereocenters. The van der Waals surface area contributed by atoms with Crippen molar-refractivity contribution in [2.45, 2.75) is 6.10 Å². The summed E-state index contributed by atoms with van der Waals surface area (Å²) in [5.74, 6) is 0.908. The van der Waals surface area contributed by atoms with E-state index in [1.54, 1.807) is 43.1 Å². The first-order chi connectivity index (χ1) is 15.0. The number of ether oxygens (including phenoxy) is 1. The molecule has 5 rings (SSSR count). The molecule has 0 aliphatic carbocycles. The third-order valence-corrected chi connectivity index (χ3v) is 5.34. The van der Waals surface area contributed by atoms with E-state index in [-0.39, 0.29) is 17.5 Å². The first kappa shape index (κ1) is 19.2. The zero-order valence-electron chi connectivity index (χ0n) is 17.0. The summed E-state index contributed by atoms with van der Waals surface area (Å²) < 4.78 is 20.8. The summed E-state index contributed by atoms with van der Waals surface area (Å²) in [5, 5.41) is 7.09.